The summed E-state index contributed by atoms with van der Waals surface area (Å²) in [5, 5.41) is 9.78. The van der Waals surface area contributed by atoms with Crippen molar-refractivity contribution in [2.45, 2.75) is 45.1 Å². The first kappa shape index (κ1) is 15.8. The number of carbonyl (C=O) groups is 1. The van der Waals surface area contributed by atoms with E-state index in [2.05, 4.69) is 11.8 Å². The highest BCUT2D eigenvalue weighted by atomic mass is 16.5. The van der Waals surface area contributed by atoms with Crippen molar-refractivity contribution in [3.8, 4) is 5.75 Å². The van der Waals surface area contributed by atoms with E-state index in [4.69, 9.17) is 4.74 Å². The summed E-state index contributed by atoms with van der Waals surface area (Å²) in [7, 11) is 0. The molecule has 1 aliphatic heterocycles. The lowest BCUT2D eigenvalue weighted by molar-refractivity contribution is -0.152. The molecule has 0 spiro atoms. The molecule has 1 aromatic carbocycles. The van der Waals surface area contributed by atoms with E-state index >= 15 is 0 Å². The van der Waals surface area contributed by atoms with Crippen LogP contribution in [0.25, 0.3) is 0 Å². The first-order chi connectivity index (χ1) is 10.1. The van der Waals surface area contributed by atoms with E-state index in [1.807, 2.05) is 31.2 Å². The molecule has 0 aliphatic carbocycles. The van der Waals surface area contributed by atoms with Crippen molar-refractivity contribution in [1.82, 2.24) is 4.90 Å². The summed E-state index contributed by atoms with van der Waals surface area (Å²) in [4.78, 5) is 14.0. The number of hydrogen-bond donors (Lipinski definition) is 1. The van der Waals surface area contributed by atoms with E-state index in [1.54, 1.807) is 0 Å². The molecule has 1 aromatic rings. The van der Waals surface area contributed by atoms with Gasteiger partial charge < -0.3 is 9.84 Å². The quantitative estimate of drug-likeness (QED) is 0.874. The fourth-order valence-electron chi connectivity index (χ4n) is 2.88. The van der Waals surface area contributed by atoms with Crippen molar-refractivity contribution in [1.29, 1.82) is 0 Å². The number of likely N-dealkylation sites (tertiary alicyclic amines) is 1. The number of rotatable bonds is 6. The molecule has 0 radical (unpaired) electrons. The lowest BCUT2D eigenvalue weighted by atomic mass is 9.88. The fourth-order valence-corrected chi connectivity index (χ4v) is 2.88. The minimum absolute atomic E-state index is 0.682. The van der Waals surface area contributed by atoms with Crippen LogP contribution in [-0.2, 0) is 10.3 Å². The van der Waals surface area contributed by atoms with Gasteiger partial charge in [-0.1, -0.05) is 25.5 Å². The molecule has 1 heterocycles. The molecule has 21 heavy (non-hydrogen) atoms. The minimum atomic E-state index is -0.955. The molecule has 0 bridgehead atoms. The maximum atomic E-state index is 11.9. The average molecular weight is 291 g/mol. The molecule has 0 amide bonds. The topological polar surface area (TPSA) is 49.8 Å². The summed E-state index contributed by atoms with van der Waals surface area (Å²) in [6.45, 7) is 6.24. The van der Waals surface area contributed by atoms with Gasteiger partial charge in [0.25, 0.3) is 0 Å². The molecule has 1 unspecified atom stereocenters. The van der Waals surface area contributed by atoms with Crippen LogP contribution in [0, 0.1) is 0 Å². The van der Waals surface area contributed by atoms with Crippen molar-refractivity contribution < 1.29 is 14.6 Å². The van der Waals surface area contributed by atoms with E-state index < -0.39 is 11.5 Å². The molecule has 1 fully saturated rings. The Hall–Kier alpha value is -1.55. The highest BCUT2D eigenvalue weighted by Gasteiger charge is 2.41. The number of ether oxygens (including phenoxy) is 1. The van der Waals surface area contributed by atoms with Crippen LogP contribution in [0.1, 0.15) is 45.1 Å². The molecular weight excluding hydrogens is 266 g/mol. The second-order valence-electron chi connectivity index (χ2n) is 5.80. The summed E-state index contributed by atoms with van der Waals surface area (Å²) < 4.78 is 5.57. The zero-order chi connectivity index (χ0) is 15.3. The smallest absolute Gasteiger partial charge is 0.328 e. The van der Waals surface area contributed by atoms with Crippen LogP contribution in [0.5, 0.6) is 5.75 Å². The van der Waals surface area contributed by atoms with Crippen molar-refractivity contribution in [3.63, 3.8) is 0 Å². The largest absolute Gasteiger partial charge is 0.494 e. The molecule has 2 rings (SSSR count). The van der Waals surface area contributed by atoms with E-state index in [9.17, 15) is 9.90 Å². The predicted octanol–water partition coefficient (Wildman–Crippen LogP) is 3.26. The van der Waals surface area contributed by atoms with E-state index in [-0.39, 0.29) is 0 Å². The molecule has 4 heteroatoms. The summed E-state index contributed by atoms with van der Waals surface area (Å²) in [6, 6.07) is 7.51. The SMILES string of the molecule is CCCOc1ccc(C(C)(C(=O)O)N2CCCCC2)cc1. The van der Waals surface area contributed by atoms with Gasteiger partial charge in [-0.2, -0.15) is 0 Å². The molecule has 1 atom stereocenters. The standard InChI is InChI=1S/C17H25NO3/c1-3-13-21-15-9-7-14(8-10-15)17(2,16(19)20)18-11-5-4-6-12-18/h7-10H,3-6,11-13H2,1-2H3,(H,19,20). The Kier molecular flexibility index (Phi) is 5.23. The highest BCUT2D eigenvalue weighted by molar-refractivity contribution is 5.80. The number of hydrogen-bond acceptors (Lipinski definition) is 3. The Morgan fingerprint density at radius 2 is 1.86 bits per heavy atom. The Bertz CT molecular complexity index is 465. The number of aliphatic carboxylic acids is 1. The Morgan fingerprint density at radius 1 is 1.24 bits per heavy atom. The van der Waals surface area contributed by atoms with Crippen molar-refractivity contribution in [2.75, 3.05) is 19.7 Å². The monoisotopic (exact) mass is 291 g/mol. The molecule has 1 aliphatic rings. The second kappa shape index (κ2) is 6.94. The Morgan fingerprint density at radius 3 is 2.38 bits per heavy atom. The fraction of sp³-hybridized carbons (Fsp3) is 0.588. The van der Waals surface area contributed by atoms with Crippen LogP contribution in [0.3, 0.4) is 0 Å². The normalized spacial score (nSPS) is 19.0. The minimum Gasteiger partial charge on any atom is -0.494 e. The second-order valence-corrected chi connectivity index (χ2v) is 5.80. The molecule has 1 N–H and O–H groups in total. The first-order valence-corrected chi connectivity index (χ1v) is 7.81. The summed E-state index contributed by atoms with van der Waals surface area (Å²) in [5.74, 6) is 0.0126. The molecule has 0 aromatic heterocycles. The van der Waals surface area contributed by atoms with Crippen molar-refractivity contribution >= 4 is 5.97 Å². The van der Waals surface area contributed by atoms with Gasteiger partial charge in [0.1, 0.15) is 11.3 Å². The number of carboxylic acid groups (broad SMARTS) is 1. The zero-order valence-corrected chi connectivity index (χ0v) is 13.0. The summed E-state index contributed by atoms with van der Waals surface area (Å²) >= 11 is 0. The van der Waals surface area contributed by atoms with Gasteiger partial charge in [-0.3, -0.25) is 4.90 Å². The Balaban J connectivity index is 2.22. The molecule has 116 valence electrons. The van der Waals surface area contributed by atoms with Gasteiger partial charge in [-0.15, -0.1) is 0 Å². The third-order valence-electron chi connectivity index (χ3n) is 4.29. The van der Waals surface area contributed by atoms with Gasteiger partial charge >= 0.3 is 5.97 Å². The third-order valence-corrected chi connectivity index (χ3v) is 4.29. The maximum Gasteiger partial charge on any atom is 0.328 e. The zero-order valence-electron chi connectivity index (χ0n) is 13.0. The molecule has 0 saturated carbocycles. The number of carboxylic acids is 1. The molecular formula is C17H25NO3. The van der Waals surface area contributed by atoms with Gasteiger partial charge in [-0.25, -0.2) is 4.79 Å². The van der Waals surface area contributed by atoms with E-state index in [1.165, 1.54) is 6.42 Å². The van der Waals surface area contributed by atoms with E-state index in [0.717, 1.165) is 43.7 Å². The number of piperidine rings is 1. The van der Waals surface area contributed by atoms with Gasteiger partial charge in [0.05, 0.1) is 6.61 Å². The van der Waals surface area contributed by atoms with Crippen LogP contribution < -0.4 is 4.74 Å². The van der Waals surface area contributed by atoms with Crippen LogP contribution >= 0.6 is 0 Å². The van der Waals surface area contributed by atoms with Crippen LogP contribution in [-0.4, -0.2) is 35.7 Å². The van der Waals surface area contributed by atoms with Crippen LogP contribution in [0.2, 0.25) is 0 Å². The number of benzene rings is 1. The van der Waals surface area contributed by atoms with Gasteiger partial charge in [0, 0.05) is 0 Å². The third kappa shape index (κ3) is 3.38. The van der Waals surface area contributed by atoms with Gasteiger partial charge in [-0.05, 0) is 57.0 Å². The van der Waals surface area contributed by atoms with Crippen molar-refractivity contribution in [3.05, 3.63) is 29.8 Å². The number of nitrogens with zero attached hydrogens (tertiary/aromatic N) is 1. The van der Waals surface area contributed by atoms with Crippen LogP contribution in [0.4, 0.5) is 0 Å². The summed E-state index contributed by atoms with van der Waals surface area (Å²) in [5.41, 5.74) is -0.135. The van der Waals surface area contributed by atoms with Gasteiger partial charge in [0.2, 0.25) is 0 Å². The van der Waals surface area contributed by atoms with Gasteiger partial charge in [0.15, 0.2) is 0 Å². The predicted molar refractivity (Wildman–Crippen MR) is 82.6 cm³/mol. The Labute approximate surface area is 126 Å². The molecule has 4 nitrogen and oxygen atoms in total. The lowest BCUT2D eigenvalue weighted by Gasteiger charge is -2.40. The van der Waals surface area contributed by atoms with E-state index in [0.29, 0.717) is 6.61 Å². The highest BCUT2D eigenvalue weighted by Crippen LogP contribution is 2.32. The van der Waals surface area contributed by atoms with Crippen molar-refractivity contribution in [2.24, 2.45) is 0 Å². The van der Waals surface area contributed by atoms with Crippen LogP contribution in [0.15, 0.2) is 24.3 Å². The average Bonchev–Trinajstić information content (AvgIpc) is 2.53. The first-order valence-electron chi connectivity index (χ1n) is 7.81. The maximum absolute atomic E-state index is 11.9. The summed E-state index contributed by atoms with van der Waals surface area (Å²) in [6.07, 6.45) is 4.29. The lowest BCUT2D eigenvalue weighted by Crippen LogP contribution is -2.51. The molecule has 1 saturated heterocycles.